The SMILES string of the molecule is C(=Cc1ccc2cc(CCc3ccccc3)ccc2c1)c1ccccc1. The van der Waals surface area contributed by atoms with Crippen LogP contribution in [0.1, 0.15) is 22.3 Å². The molecule has 0 unspecified atom stereocenters. The van der Waals surface area contributed by atoms with Crippen molar-refractivity contribution < 1.29 is 0 Å². The second-order valence-electron chi connectivity index (χ2n) is 6.67. The van der Waals surface area contributed by atoms with Crippen LogP contribution >= 0.6 is 0 Å². The summed E-state index contributed by atoms with van der Waals surface area (Å²) in [5, 5.41) is 2.61. The highest BCUT2D eigenvalue weighted by Gasteiger charge is 1.99. The third-order valence-electron chi connectivity index (χ3n) is 4.74. The fourth-order valence-corrected chi connectivity index (χ4v) is 3.26. The zero-order valence-electron chi connectivity index (χ0n) is 14.8. The maximum atomic E-state index is 2.32. The van der Waals surface area contributed by atoms with Crippen molar-refractivity contribution in [1.82, 2.24) is 0 Å². The lowest BCUT2D eigenvalue weighted by molar-refractivity contribution is 0.962. The van der Waals surface area contributed by atoms with Gasteiger partial charge in [0.1, 0.15) is 0 Å². The van der Waals surface area contributed by atoms with Gasteiger partial charge in [0.15, 0.2) is 0 Å². The number of hydrogen-bond donors (Lipinski definition) is 0. The van der Waals surface area contributed by atoms with Crippen LogP contribution in [0.4, 0.5) is 0 Å². The van der Waals surface area contributed by atoms with E-state index in [9.17, 15) is 0 Å². The van der Waals surface area contributed by atoms with Crippen molar-refractivity contribution in [2.24, 2.45) is 0 Å². The minimum Gasteiger partial charge on any atom is -0.0622 e. The predicted octanol–water partition coefficient (Wildman–Crippen LogP) is 6.80. The quantitative estimate of drug-likeness (QED) is 0.352. The maximum absolute atomic E-state index is 2.32. The molecule has 0 aliphatic rings. The molecule has 0 aliphatic heterocycles. The molecular formula is C26H22. The zero-order valence-corrected chi connectivity index (χ0v) is 14.8. The molecule has 0 aromatic heterocycles. The molecule has 4 rings (SSSR count). The van der Waals surface area contributed by atoms with E-state index in [0.29, 0.717) is 0 Å². The van der Waals surface area contributed by atoms with Gasteiger partial charge in [0, 0.05) is 0 Å². The molecule has 0 bridgehead atoms. The van der Waals surface area contributed by atoms with Crippen LogP contribution in [-0.4, -0.2) is 0 Å². The van der Waals surface area contributed by atoms with Crippen molar-refractivity contribution in [2.75, 3.05) is 0 Å². The van der Waals surface area contributed by atoms with Gasteiger partial charge in [-0.25, -0.2) is 0 Å². The van der Waals surface area contributed by atoms with Crippen LogP contribution in [-0.2, 0) is 12.8 Å². The highest BCUT2D eigenvalue weighted by Crippen LogP contribution is 2.20. The molecule has 126 valence electrons. The molecule has 4 aromatic rings. The third kappa shape index (κ3) is 4.10. The van der Waals surface area contributed by atoms with Crippen LogP contribution in [0, 0.1) is 0 Å². The molecule has 4 aromatic carbocycles. The fraction of sp³-hybridized carbons (Fsp3) is 0.0769. The first-order valence-electron chi connectivity index (χ1n) is 9.17. The summed E-state index contributed by atoms with van der Waals surface area (Å²) in [4.78, 5) is 0. The van der Waals surface area contributed by atoms with Crippen molar-refractivity contribution in [3.05, 3.63) is 119 Å². The largest absolute Gasteiger partial charge is 0.0622 e. The number of rotatable bonds is 5. The van der Waals surface area contributed by atoms with Crippen LogP contribution in [0.3, 0.4) is 0 Å². The number of benzene rings is 4. The Balaban J connectivity index is 1.50. The number of fused-ring (bicyclic) bond motifs is 1. The molecule has 0 atom stereocenters. The highest BCUT2D eigenvalue weighted by atomic mass is 14.0. The summed E-state index contributed by atoms with van der Waals surface area (Å²) in [6.07, 6.45) is 6.51. The van der Waals surface area contributed by atoms with Gasteiger partial charge in [-0.05, 0) is 51.9 Å². The van der Waals surface area contributed by atoms with Crippen LogP contribution in [0.25, 0.3) is 22.9 Å². The van der Waals surface area contributed by atoms with Crippen LogP contribution in [0.15, 0.2) is 97.1 Å². The Labute approximate surface area is 155 Å². The summed E-state index contributed by atoms with van der Waals surface area (Å²) < 4.78 is 0. The van der Waals surface area contributed by atoms with Crippen molar-refractivity contribution >= 4 is 22.9 Å². The van der Waals surface area contributed by atoms with E-state index < -0.39 is 0 Å². The molecule has 0 saturated heterocycles. The lowest BCUT2D eigenvalue weighted by Gasteiger charge is -2.05. The minimum absolute atomic E-state index is 1.08. The molecule has 0 heterocycles. The summed E-state index contributed by atoms with van der Waals surface area (Å²) in [6.45, 7) is 0. The van der Waals surface area contributed by atoms with E-state index in [1.54, 1.807) is 0 Å². The summed E-state index contributed by atoms with van der Waals surface area (Å²) in [7, 11) is 0. The van der Waals surface area contributed by atoms with Crippen molar-refractivity contribution in [3.63, 3.8) is 0 Å². The second kappa shape index (κ2) is 7.84. The van der Waals surface area contributed by atoms with E-state index in [1.807, 2.05) is 6.07 Å². The first-order valence-corrected chi connectivity index (χ1v) is 9.17. The van der Waals surface area contributed by atoms with Gasteiger partial charge in [0.05, 0.1) is 0 Å². The van der Waals surface area contributed by atoms with Crippen molar-refractivity contribution in [1.29, 1.82) is 0 Å². The lowest BCUT2D eigenvalue weighted by atomic mass is 10.00. The first-order chi connectivity index (χ1) is 12.9. The molecule has 0 fully saturated rings. The summed E-state index contributed by atoms with van der Waals surface area (Å²) >= 11 is 0. The molecule has 0 aliphatic carbocycles. The molecule has 0 spiro atoms. The molecule has 26 heavy (non-hydrogen) atoms. The van der Waals surface area contributed by atoms with Crippen LogP contribution < -0.4 is 0 Å². The lowest BCUT2D eigenvalue weighted by Crippen LogP contribution is -1.91. The number of hydrogen-bond acceptors (Lipinski definition) is 0. The number of aryl methyl sites for hydroxylation is 2. The molecule has 0 radical (unpaired) electrons. The van der Waals surface area contributed by atoms with Gasteiger partial charge in [-0.1, -0.05) is 103 Å². The van der Waals surface area contributed by atoms with Gasteiger partial charge in [-0.15, -0.1) is 0 Å². The zero-order chi connectivity index (χ0) is 17.6. The van der Waals surface area contributed by atoms with Crippen LogP contribution in [0.2, 0.25) is 0 Å². The predicted molar refractivity (Wildman–Crippen MR) is 113 cm³/mol. The van der Waals surface area contributed by atoms with E-state index in [1.165, 1.54) is 33.0 Å². The second-order valence-corrected chi connectivity index (χ2v) is 6.67. The highest BCUT2D eigenvalue weighted by molar-refractivity contribution is 5.86. The van der Waals surface area contributed by atoms with Crippen molar-refractivity contribution in [3.8, 4) is 0 Å². The fourth-order valence-electron chi connectivity index (χ4n) is 3.26. The Bertz CT molecular complexity index is 1010. The Kier molecular flexibility index (Phi) is 4.93. The average molecular weight is 334 g/mol. The first kappa shape index (κ1) is 16.4. The third-order valence-corrected chi connectivity index (χ3v) is 4.74. The normalized spacial score (nSPS) is 11.2. The topological polar surface area (TPSA) is 0 Å². The maximum Gasteiger partial charge on any atom is -0.0178 e. The smallest absolute Gasteiger partial charge is 0.0178 e. The van der Waals surface area contributed by atoms with Crippen molar-refractivity contribution in [2.45, 2.75) is 12.8 Å². The van der Waals surface area contributed by atoms with Gasteiger partial charge in [-0.2, -0.15) is 0 Å². The van der Waals surface area contributed by atoms with Gasteiger partial charge in [0.2, 0.25) is 0 Å². The monoisotopic (exact) mass is 334 g/mol. The van der Waals surface area contributed by atoms with Gasteiger partial charge >= 0.3 is 0 Å². The molecule has 0 heteroatoms. The summed E-state index contributed by atoms with van der Waals surface area (Å²) in [5.74, 6) is 0. The van der Waals surface area contributed by atoms with Gasteiger partial charge < -0.3 is 0 Å². The van der Waals surface area contributed by atoms with Gasteiger partial charge in [0.25, 0.3) is 0 Å². The van der Waals surface area contributed by atoms with E-state index in [0.717, 1.165) is 12.8 Å². The summed E-state index contributed by atoms with van der Waals surface area (Å²) in [6, 6.07) is 34.6. The standard InChI is InChI=1S/C26H22/c1-3-7-21(8-4-1)11-13-23-15-17-26-20-24(16-18-25(26)19-23)14-12-22-9-5-2-6-10-22/h1-11,13,15-20H,12,14H2. The Morgan fingerprint density at radius 2 is 1.08 bits per heavy atom. The van der Waals surface area contributed by atoms with E-state index >= 15 is 0 Å². The van der Waals surface area contributed by atoms with E-state index in [-0.39, 0.29) is 0 Å². The van der Waals surface area contributed by atoms with E-state index in [2.05, 4.69) is 103 Å². The molecule has 0 nitrogen and oxygen atoms in total. The Morgan fingerprint density at radius 1 is 0.462 bits per heavy atom. The Hall–Kier alpha value is -3.12. The summed E-state index contributed by atoms with van der Waals surface area (Å²) in [5.41, 5.74) is 5.25. The molecular weight excluding hydrogens is 312 g/mol. The Morgan fingerprint density at radius 3 is 1.88 bits per heavy atom. The van der Waals surface area contributed by atoms with Gasteiger partial charge in [-0.3, -0.25) is 0 Å². The molecule has 0 saturated carbocycles. The van der Waals surface area contributed by atoms with Crippen LogP contribution in [0.5, 0.6) is 0 Å². The minimum atomic E-state index is 1.08. The average Bonchev–Trinajstić information content (AvgIpc) is 2.72. The molecule has 0 amide bonds. The van der Waals surface area contributed by atoms with E-state index in [4.69, 9.17) is 0 Å². The molecule has 0 N–H and O–H groups in total.